The second-order valence-electron chi connectivity index (χ2n) is 6.32. The van der Waals surface area contributed by atoms with Crippen LogP contribution in [-0.4, -0.2) is 16.9 Å². The van der Waals surface area contributed by atoms with E-state index < -0.39 is 11.7 Å². The summed E-state index contributed by atoms with van der Waals surface area (Å²) in [5.41, 5.74) is 0.750. The van der Waals surface area contributed by atoms with Crippen molar-refractivity contribution in [1.82, 2.24) is 4.98 Å². The van der Waals surface area contributed by atoms with E-state index in [0.717, 1.165) is 5.69 Å². The normalized spacial score (nSPS) is 15.4. The van der Waals surface area contributed by atoms with Gasteiger partial charge in [0.05, 0.1) is 22.5 Å². The van der Waals surface area contributed by atoms with Crippen LogP contribution in [0.5, 0.6) is 0 Å². The van der Waals surface area contributed by atoms with Crippen LogP contribution in [0.25, 0.3) is 0 Å². The number of aromatic nitrogens is 1. The van der Waals surface area contributed by atoms with Crippen LogP contribution in [0.3, 0.4) is 0 Å². The number of pyridine rings is 1. The highest BCUT2D eigenvalue weighted by Gasteiger charge is 2.16. The van der Waals surface area contributed by atoms with Gasteiger partial charge < -0.3 is 10.6 Å². The van der Waals surface area contributed by atoms with E-state index in [-0.39, 0.29) is 10.6 Å². The van der Waals surface area contributed by atoms with Crippen LogP contribution in [0.2, 0.25) is 5.02 Å². The summed E-state index contributed by atoms with van der Waals surface area (Å²) >= 11 is 5.91. The van der Waals surface area contributed by atoms with Crippen LogP contribution in [0.15, 0.2) is 36.5 Å². The van der Waals surface area contributed by atoms with Gasteiger partial charge in [-0.2, -0.15) is 0 Å². The number of nitrogens with zero attached hydrogens (tertiary/aromatic N) is 1. The van der Waals surface area contributed by atoms with Gasteiger partial charge in [-0.15, -0.1) is 0 Å². The molecule has 132 valence electrons. The molecule has 0 spiro atoms. The molecule has 25 heavy (non-hydrogen) atoms. The first-order chi connectivity index (χ1) is 12.1. The fourth-order valence-corrected chi connectivity index (χ4v) is 3.35. The summed E-state index contributed by atoms with van der Waals surface area (Å²) in [7, 11) is 0. The lowest BCUT2D eigenvalue weighted by Gasteiger charge is -2.17. The number of amides is 1. The molecule has 0 saturated heterocycles. The van der Waals surface area contributed by atoms with Crippen molar-refractivity contribution >= 4 is 29.0 Å². The van der Waals surface area contributed by atoms with Crippen LogP contribution in [-0.2, 0) is 0 Å². The van der Waals surface area contributed by atoms with Crippen molar-refractivity contribution in [3.05, 3.63) is 52.9 Å². The molecule has 1 saturated carbocycles. The maximum absolute atomic E-state index is 13.8. The van der Waals surface area contributed by atoms with Gasteiger partial charge in [-0.1, -0.05) is 43.4 Å². The van der Waals surface area contributed by atoms with Crippen molar-refractivity contribution in [3.8, 4) is 0 Å². The average Bonchev–Trinajstić information content (AvgIpc) is 2.85. The first kappa shape index (κ1) is 17.7. The van der Waals surface area contributed by atoms with Crippen molar-refractivity contribution < 1.29 is 9.18 Å². The molecule has 0 aliphatic heterocycles. The number of carbonyl (C=O) groups excluding carboxylic acids is 1. The highest BCUT2D eigenvalue weighted by Crippen LogP contribution is 2.22. The zero-order valence-corrected chi connectivity index (χ0v) is 14.7. The van der Waals surface area contributed by atoms with Crippen molar-refractivity contribution in [3.63, 3.8) is 0 Å². The van der Waals surface area contributed by atoms with Gasteiger partial charge in [0.1, 0.15) is 11.6 Å². The van der Waals surface area contributed by atoms with Crippen molar-refractivity contribution in [2.24, 2.45) is 0 Å². The number of halogens is 2. The second-order valence-corrected chi connectivity index (χ2v) is 6.72. The minimum absolute atomic E-state index is 0.0733. The molecule has 3 rings (SSSR count). The number of hydrogen-bond acceptors (Lipinski definition) is 3. The maximum Gasteiger partial charge on any atom is 0.261 e. The van der Waals surface area contributed by atoms with Gasteiger partial charge in [0, 0.05) is 6.04 Å². The third-order valence-electron chi connectivity index (χ3n) is 4.42. The molecule has 0 bridgehead atoms. The fourth-order valence-electron chi connectivity index (χ4n) is 3.11. The first-order valence-corrected chi connectivity index (χ1v) is 8.99. The summed E-state index contributed by atoms with van der Waals surface area (Å²) in [5, 5.41) is 6.15. The quantitative estimate of drug-likeness (QED) is 0.730. The van der Waals surface area contributed by atoms with Gasteiger partial charge in [-0.25, -0.2) is 9.37 Å². The monoisotopic (exact) mass is 361 g/mol. The molecule has 0 atom stereocenters. The molecular weight excluding hydrogens is 341 g/mol. The smallest absolute Gasteiger partial charge is 0.261 e. The predicted octanol–water partition coefficient (Wildman–Crippen LogP) is 5.26. The third-order valence-corrected chi connectivity index (χ3v) is 4.74. The van der Waals surface area contributed by atoms with Gasteiger partial charge >= 0.3 is 0 Å². The molecule has 0 radical (unpaired) electrons. The first-order valence-electron chi connectivity index (χ1n) is 8.61. The lowest BCUT2D eigenvalue weighted by Crippen LogP contribution is -2.18. The summed E-state index contributed by atoms with van der Waals surface area (Å²) in [4.78, 5) is 16.4. The molecule has 1 aromatic heterocycles. The standard InChI is InChI=1S/C19H21ClFN3O/c20-15-8-5-9-16(21)18(15)19(25)24-17-11-10-14(12-22-17)23-13-6-3-1-2-4-7-13/h5,8-13,23H,1-4,6-7H2,(H,22,24,25). The lowest BCUT2D eigenvalue weighted by atomic mass is 10.1. The van der Waals surface area contributed by atoms with Gasteiger partial charge in [0.2, 0.25) is 0 Å². The highest BCUT2D eigenvalue weighted by molar-refractivity contribution is 6.34. The number of carbonyl (C=O) groups is 1. The van der Waals surface area contributed by atoms with E-state index in [9.17, 15) is 9.18 Å². The van der Waals surface area contributed by atoms with Crippen LogP contribution in [0.1, 0.15) is 48.9 Å². The Hall–Kier alpha value is -2.14. The third kappa shape index (κ3) is 4.69. The zero-order valence-electron chi connectivity index (χ0n) is 13.9. The maximum atomic E-state index is 13.8. The molecule has 6 heteroatoms. The molecule has 1 amide bonds. The Labute approximate surface area is 151 Å². The summed E-state index contributed by atoms with van der Waals surface area (Å²) in [6.45, 7) is 0. The van der Waals surface area contributed by atoms with E-state index in [1.807, 2.05) is 6.07 Å². The summed E-state index contributed by atoms with van der Waals surface area (Å²) < 4.78 is 13.8. The zero-order chi connectivity index (χ0) is 17.6. The largest absolute Gasteiger partial charge is 0.381 e. The Morgan fingerprint density at radius 2 is 1.88 bits per heavy atom. The Bertz CT molecular complexity index is 708. The average molecular weight is 362 g/mol. The van der Waals surface area contributed by atoms with Crippen LogP contribution in [0, 0.1) is 5.82 Å². The number of benzene rings is 1. The molecule has 1 heterocycles. The topological polar surface area (TPSA) is 54.0 Å². The van der Waals surface area contributed by atoms with Gasteiger partial charge in [-0.3, -0.25) is 4.79 Å². The van der Waals surface area contributed by atoms with Gasteiger partial charge in [0.25, 0.3) is 5.91 Å². The molecule has 1 aromatic carbocycles. The van der Waals surface area contributed by atoms with Gasteiger partial charge in [0.15, 0.2) is 0 Å². The molecular formula is C19H21ClFN3O. The van der Waals surface area contributed by atoms with E-state index in [2.05, 4.69) is 15.6 Å². The molecule has 2 aromatic rings. The van der Waals surface area contributed by atoms with E-state index in [1.165, 1.54) is 56.7 Å². The van der Waals surface area contributed by atoms with E-state index >= 15 is 0 Å². The Morgan fingerprint density at radius 3 is 2.52 bits per heavy atom. The van der Waals surface area contributed by atoms with Crippen LogP contribution >= 0.6 is 11.6 Å². The Balaban J connectivity index is 1.63. The van der Waals surface area contributed by atoms with E-state index in [4.69, 9.17) is 11.6 Å². The fraction of sp³-hybridized carbons (Fsp3) is 0.368. The number of hydrogen-bond donors (Lipinski definition) is 2. The van der Waals surface area contributed by atoms with E-state index in [1.54, 1.807) is 12.3 Å². The minimum atomic E-state index is -0.656. The summed E-state index contributed by atoms with van der Waals surface area (Å²) in [6.07, 6.45) is 9.14. The molecule has 4 nitrogen and oxygen atoms in total. The predicted molar refractivity (Wildman–Crippen MR) is 98.7 cm³/mol. The summed E-state index contributed by atoms with van der Waals surface area (Å²) in [6, 6.07) is 8.19. The molecule has 0 unspecified atom stereocenters. The molecule has 2 N–H and O–H groups in total. The highest BCUT2D eigenvalue weighted by atomic mass is 35.5. The number of anilines is 2. The minimum Gasteiger partial charge on any atom is -0.381 e. The SMILES string of the molecule is O=C(Nc1ccc(NC2CCCCCC2)cn1)c1c(F)cccc1Cl. The van der Waals surface area contributed by atoms with Gasteiger partial charge in [-0.05, 0) is 37.1 Å². The second kappa shape index (κ2) is 8.30. The Kier molecular flexibility index (Phi) is 5.87. The molecule has 1 aliphatic carbocycles. The number of rotatable bonds is 4. The Morgan fingerprint density at radius 1 is 1.12 bits per heavy atom. The molecule has 1 fully saturated rings. The van der Waals surface area contributed by atoms with Crippen molar-refractivity contribution in [2.75, 3.05) is 10.6 Å². The van der Waals surface area contributed by atoms with Crippen LogP contribution in [0.4, 0.5) is 15.9 Å². The summed E-state index contributed by atoms with van der Waals surface area (Å²) in [5.74, 6) is -0.910. The van der Waals surface area contributed by atoms with Crippen molar-refractivity contribution in [1.29, 1.82) is 0 Å². The van der Waals surface area contributed by atoms with E-state index in [0.29, 0.717) is 11.9 Å². The van der Waals surface area contributed by atoms with Crippen molar-refractivity contribution in [2.45, 2.75) is 44.6 Å². The lowest BCUT2D eigenvalue weighted by molar-refractivity contribution is 0.102. The van der Waals surface area contributed by atoms with Crippen LogP contribution < -0.4 is 10.6 Å². The number of nitrogens with one attached hydrogen (secondary N) is 2. The molecule has 1 aliphatic rings.